The number of rotatable bonds is 4. The van der Waals surface area contributed by atoms with Gasteiger partial charge in [-0.25, -0.2) is 0 Å². The molecule has 0 amide bonds. The highest BCUT2D eigenvalue weighted by molar-refractivity contribution is 9.12. The summed E-state index contributed by atoms with van der Waals surface area (Å²) in [5.41, 5.74) is 3.62. The van der Waals surface area contributed by atoms with Crippen molar-refractivity contribution in [3.8, 4) is 6.07 Å². The second kappa shape index (κ2) is 7.79. The van der Waals surface area contributed by atoms with Gasteiger partial charge in [-0.05, 0) is 32.6 Å². The van der Waals surface area contributed by atoms with Gasteiger partial charge >= 0.3 is 0 Å². The number of halogens is 1. The van der Waals surface area contributed by atoms with E-state index >= 15 is 0 Å². The van der Waals surface area contributed by atoms with Crippen molar-refractivity contribution in [3.63, 3.8) is 0 Å². The Bertz CT molecular complexity index is 1070. The van der Waals surface area contributed by atoms with Crippen LogP contribution in [0.5, 0.6) is 0 Å². The van der Waals surface area contributed by atoms with Crippen LogP contribution < -0.4 is 0 Å². The minimum absolute atomic E-state index is 0.0566. The molecule has 0 bridgehead atoms. The number of nitriles is 1. The normalized spacial score (nSPS) is 20.1. The summed E-state index contributed by atoms with van der Waals surface area (Å²) >= 11 is 4.77. The van der Waals surface area contributed by atoms with E-state index in [4.69, 9.17) is 0 Å². The average Bonchev–Trinajstić information content (AvgIpc) is 3.02. The number of benzene rings is 3. The molecule has 2 nitrogen and oxygen atoms in total. The fourth-order valence-electron chi connectivity index (χ4n) is 3.76. The Balaban J connectivity index is 2.05. The maximum atomic E-state index is 12.9. The summed E-state index contributed by atoms with van der Waals surface area (Å²) in [5.74, 6) is -0.532. The second-order valence-corrected chi connectivity index (χ2v) is 8.53. The van der Waals surface area contributed by atoms with Crippen LogP contribution in [0.2, 0.25) is 0 Å². The Kier molecular flexibility index (Phi) is 5.21. The molecule has 0 fully saturated rings. The van der Waals surface area contributed by atoms with E-state index in [1.54, 1.807) is 0 Å². The molecule has 1 heterocycles. The molecule has 28 heavy (non-hydrogen) atoms. The van der Waals surface area contributed by atoms with E-state index < -0.39 is 10.7 Å². The molecule has 3 aromatic carbocycles. The first kappa shape index (κ1) is 18.7. The number of hydrogen-bond donors (Lipinski definition) is 0. The van der Waals surface area contributed by atoms with E-state index in [-0.39, 0.29) is 5.12 Å². The summed E-state index contributed by atoms with van der Waals surface area (Å²) in [6.07, 6.45) is 0. The summed E-state index contributed by atoms with van der Waals surface area (Å²) in [5, 5.41) is 10.2. The van der Waals surface area contributed by atoms with Gasteiger partial charge in [0, 0.05) is 5.57 Å². The zero-order chi connectivity index (χ0) is 19.6. The Hall–Kier alpha value is -2.61. The third kappa shape index (κ3) is 3.01. The van der Waals surface area contributed by atoms with Crippen LogP contribution in [0.15, 0.2) is 95.5 Å². The summed E-state index contributed by atoms with van der Waals surface area (Å²) in [6.45, 7) is 0. The third-order valence-corrected chi connectivity index (χ3v) is 7.36. The van der Waals surface area contributed by atoms with Crippen molar-refractivity contribution >= 4 is 38.4 Å². The Morgan fingerprint density at radius 2 is 1.39 bits per heavy atom. The fraction of sp³-hybridized carbons (Fsp3) is 0.0833. The highest BCUT2D eigenvalue weighted by Crippen LogP contribution is 2.62. The molecule has 2 atom stereocenters. The SMILES string of the molecule is N#CC(c1ccccc1)C1(c2ccccc2)SC(=O)C(Br)=C1c1ccccc1. The van der Waals surface area contributed by atoms with Gasteiger partial charge in [-0.2, -0.15) is 5.26 Å². The largest absolute Gasteiger partial charge is 0.281 e. The summed E-state index contributed by atoms with van der Waals surface area (Å²) in [6, 6.07) is 31.9. The van der Waals surface area contributed by atoms with Crippen LogP contribution in [0.4, 0.5) is 0 Å². The van der Waals surface area contributed by atoms with Gasteiger partial charge in [0.1, 0.15) is 0 Å². The fourth-order valence-corrected chi connectivity index (χ4v) is 6.04. The molecule has 3 aromatic rings. The molecule has 2 unspecified atom stereocenters. The Morgan fingerprint density at radius 3 is 1.96 bits per heavy atom. The van der Waals surface area contributed by atoms with E-state index in [1.807, 2.05) is 91.0 Å². The van der Waals surface area contributed by atoms with Crippen LogP contribution in [0, 0.1) is 11.3 Å². The molecule has 0 spiro atoms. The van der Waals surface area contributed by atoms with E-state index in [9.17, 15) is 10.1 Å². The molecule has 1 aliphatic rings. The van der Waals surface area contributed by atoms with E-state index in [1.165, 1.54) is 11.8 Å². The molecule has 0 saturated carbocycles. The van der Waals surface area contributed by atoms with Gasteiger partial charge in [0.15, 0.2) is 0 Å². The molecule has 4 heteroatoms. The smallest absolute Gasteiger partial charge is 0.227 e. The summed E-state index contributed by atoms with van der Waals surface area (Å²) in [4.78, 5) is 12.9. The first-order chi connectivity index (χ1) is 13.7. The molecular formula is C24H16BrNOS. The lowest BCUT2D eigenvalue weighted by Gasteiger charge is -2.36. The lowest BCUT2D eigenvalue weighted by atomic mass is 9.74. The molecule has 0 aromatic heterocycles. The van der Waals surface area contributed by atoms with Crippen LogP contribution in [-0.4, -0.2) is 5.12 Å². The van der Waals surface area contributed by atoms with Crippen LogP contribution in [0.25, 0.3) is 5.57 Å². The highest BCUT2D eigenvalue weighted by atomic mass is 79.9. The topological polar surface area (TPSA) is 40.9 Å². The van der Waals surface area contributed by atoms with Gasteiger partial charge in [-0.15, -0.1) is 0 Å². The first-order valence-corrected chi connectivity index (χ1v) is 10.5. The van der Waals surface area contributed by atoms with Gasteiger partial charge in [-0.3, -0.25) is 4.79 Å². The zero-order valence-corrected chi connectivity index (χ0v) is 17.3. The number of carbonyl (C=O) groups excluding carboxylic acids is 1. The van der Waals surface area contributed by atoms with Crippen LogP contribution >= 0.6 is 27.7 Å². The van der Waals surface area contributed by atoms with Gasteiger partial charge in [-0.1, -0.05) is 103 Å². The van der Waals surface area contributed by atoms with Gasteiger partial charge in [0.25, 0.3) is 0 Å². The maximum Gasteiger partial charge on any atom is 0.227 e. The standard InChI is InChI=1S/C24H16BrNOS/c25-22-21(18-12-6-2-7-13-18)24(28-23(22)27,19-14-8-3-9-15-19)20(16-26)17-10-4-1-5-11-17/h1-15,20H. The number of nitrogens with zero attached hydrogens (tertiary/aromatic N) is 1. The van der Waals surface area contributed by atoms with Crippen molar-refractivity contribution in [2.24, 2.45) is 0 Å². The monoisotopic (exact) mass is 445 g/mol. The van der Waals surface area contributed by atoms with Crippen molar-refractivity contribution in [1.82, 2.24) is 0 Å². The van der Waals surface area contributed by atoms with Crippen molar-refractivity contribution in [3.05, 3.63) is 112 Å². The molecule has 4 rings (SSSR count). The van der Waals surface area contributed by atoms with Crippen LogP contribution in [-0.2, 0) is 9.54 Å². The van der Waals surface area contributed by atoms with E-state index in [2.05, 4.69) is 22.0 Å². The van der Waals surface area contributed by atoms with Crippen molar-refractivity contribution in [1.29, 1.82) is 5.26 Å². The predicted molar refractivity (Wildman–Crippen MR) is 118 cm³/mol. The van der Waals surface area contributed by atoms with Crippen molar-refractivity contribution < 1.29 is 4.79 Å². The minimum Gasteiger partial charge on any atom is -0.281 e. The van der Waals surface area contributed by atoms with Crippen LogP contribution in [0.3, 0.4) is 0 Å². The number of hydrogen-bond acceptors (Lipinski definition) is 3. The van der Waals surface area contributed by atoms with Crippen molar-refractivity contribution in [2.45, 2.75) is 10.7 Å². The lowest BCUT2D eigenvalue weighted by molar-refractivity contribution is -0.107. The number of carbonyl (C=O) groups is 1. The molecule has 0 radical (unpaired) electrons. The van der Waals surface area contributed by atoms with Crippen LogP contribution in [0.1, 0.15) is 22.6 Å². The summed E-state index contributed by atoms with van der Waals surface area (Å²) in [7, 11) is 0. The molecule has 0 saturated heterocycles. The maximum absolute atomic E-state index is 12.9. The molecule has 136 valence electrons. The highest BCUT2D eigenvalue weighted by Gasteiger charge is 2.53. The molecule has 1 aliphatic heterocycles. The first-order valence-electron chi connectivity index (χ1n) is 8.87. The molecule has 0 aliphatic carbocycles. The average molecular weight is 446 g/mol. The second-order valence-electron chi connectivity index (χ2n) is 6.52. The van der Waals surface area contributed by atoms with E-state index in [0.29, 0.717) is 4.48 Å². The molecule has 0 N–H and O–H groups in total. The third-order valence-electron chi connectivity index (χ3n) is 4.96. The predicted octanol–water partition coefficient (Wildman–Crippen LogP) is 6.27. The quantitative estimate of drug-likeness (QED) is 0.474. The van der Waals surface area contributed by atoms with Gasteiger partial charge < -0.3 is 0 Å². The zero-order valence-electron chi connectivity index (χ0n) is 14.9. The Labute approximate surface area is 177 Å². The molecular weight excluding hydrogens is 430 g/mol. The lowest BCUT2D eigenvalue weighted by Crippen LogP contribution is -2.30. The van der Waals surface area contributed by atoms with E-state index in [0.717, 1.165) is 22.3 Å². The van der Waals surface area contributed by atoms with Gasteiger partial charge in [0.2, 0.25) is 5.12 Å². The van der Waals surface area contributed by atoms with Crippen molar-refractivity contribution in [2.75, 3.05) is 0 Å². The van der Waals surface area contributed by atoms with Gasteiger partial charge in [0.05, 0.1) is 21.2 Å². The number of thioether (sulfide) groups is 1. The Morgan fingerprint density at radius 1 is 0.857 bits per heavy atom. The summed E-state index contributed by atoms with van der Waals surface area (Å²) < 4.78 is -0.307. The minimum atomic E-state index is -0.839.